The minimum absolute atomic E-state index is 0.120. The van der Waals surface area contributed by atoms with E-state index in [2.05, 4.69) is 20.8 Å². The number of carbonyl (C=O) groups is 1. The molecule has 7 nitrogen and oxygen atoms in total. The van der Waals surface area contributed by atoms with Crippen molar-refractivity contribution in [2.75, 3.05) is 20.6 Å². The van der Waals surface area contributed by atoms with Gasteiger partial charge in [-0.05, 0) is 38.7 Å². The van der Waals surface area contributed by atoms with Crippen molar-refractivity contribution in [1.29, 1.82) is 0 Å². The van der Waals surface area contributed by atoms with Crippen LogP contribution in [-0.2, 0) is 13.1 Å². The van der Waals surface area contributed by atoms with Crippen LogP contribution in [0.15, 0.2) is 30.6 Å². The van der Waals surface area contributed by atoms with E-state index in [4.69, 9.17) is 0 Å². The van der Waals surface area contributed by atoms with Crippen LogP contribution in [-0.4, -0.2) is 46.3 Å². The van der Waals surface area contributed by atoms with E-state index in [9.17, 15) is 9.18 Å². The summed E-state index contributed by atoms with van der Waals surface area (Å²) in [5.74, 6) is 0.407. The van der Waals surface area contributed by atoms with Crippen molar-refractivity contribution in [2.45, 2.75) is 26.1 Å². The molecule has 0 spiro atoms. The number of urea groups is 1. The number of amides is 2. The number of likely N-dealkylation sites (N-methyl/N-ethyl adjacent to an activating group) is 1. The SMILES string of the molecule is CCn1cnnc1CNC(=O)NC[C@@H](c1cccc(F)c1)N(C)C. The molecule has 0 saturated carbocycles. The molecule has 1 aromatic carbocycles. The lowest BCUT2D eigenvalue weighted by Gasteiger charge is -2.25. The zero-order valence-corrected chi connectivity index (χ0v) is 14.2. The summed E-state index contributed by atoms with van der Waals surface area (Å²) in [6, 6.07) is 5.97. The molecule has 2 N–H and O–H groups in total. The van der Waals surface area contributed by atoms with Crippen LogP contribution in [0.2, 0.25) is 0 Å². The molecule has 24 heavy (non-hydrogen) atoms. The van der Waals surface area contributed by atoms with E-state index < -0.39 is 0 Å². The Morgan fingerprint density at radius 3 is 2.83 bits per heavy atom. The lowest BCUT2D eigenvalue weighted by molar-refractivity contribution is 0.232. The molecule has 1 atom stereocenters. The number of aryl methyl sites for hydroxylation is 1. The van der Waals surface area contributed by atoms with Crippen LogP contribution < -0.4 is 10.6 Å². The highest BCUT2D eigenvalue weighted by atomic mass is 19.1. The summed E-state index contributed by atoms with van der Waals surface area (Å²) in [7, 11) is 3.78. The molecule has 0 aliphatic heterocycles. The van der Waals surface area contributed by atoms with Crippen LogP contribution in [0.5, 0.6) is 0 Å². The fourth-order valence-electron chi connectivity index (χ4n) is 2.40. The molecule has 0 unspecified atom stereocenters. The van der Waals surface area contributed by atoms with E-state index in [0.29, 0.717) is 18.9 Å². The molecular formula is C16H23FN6O. The first-order chi connectivity index (χ1) is 11.5. The molecule has 0 aliphatic carbocycles. The Labute approximate surface area is 140 Å². The average molecular weight is 334 g/mol. The quantitative estimate of drug-likeness (QED) is 0.805. The molecule has 2 amide bonds. The number of nitrogens with one attached hydrogen (secondary N) is 2. The Balaban J connectivity index is 1.88. The average Bonchev–Trinajstić information content (AvgIpc) is 3.00. The third kappa shape index (κ3) is 4.76. The standard InChI is InChI=1S/C16H23FN6O/c1-4-23-11-20-21-15(23)10-19-16(24)18-9-14(22(2)3)12-6-5-7-13(17)8-12/h5-8,11,14H,4,9-10H2,1-3H3,(H2,18,19,24)/t14-/m0/s1. The Bertz CT molecular complexity index is 672. The lowest BCUT2D eigenvalue weighted by atomic mass is 10.1. The van der Waals surface area contributed by atoms with Gasteiger partial charge in [-0.3, -0.25) is 0 Å². The monoisotopic (exact) mass is 334 g/mol. The van der Waals surface area contributed by atoms with E-state index in [1.54, 1.807) is 12.4 Å². The predicted octanol–water partition coefficient (Wildman–Crippen LogP) is 1.54. The van der Waals surface area contributed by atoms with Crippen molar-refractivity contribution in [3.8, 4) is 0 Å². The van der Waals surface area contributed by atoms with Gasteiger partial charge in [0.15, 0.2) is 5.82 Å². The number of carbonyl (C=O) groups excluding carboxylic acids is 1. The summed E-state index contributed by atoms with van der Waals surface area (Å²) in [6.45, 7) is 3.39. The maximum absolute atomic E-state index is 13.4. The van der Waals surface area contributed by atoms with Crippen molar-refractivity contribution in [1.82, 2.24) is 30.3 Å². The smallest absolute Gasteiger partial charge is 0.315 e. The summed E-state index contributed by atoms with van der Waals surface area (Å²) in [5, 5.41) is 13.3. The number of halogens is 1. The number of hydrogen-bond donors (Lipinski definition) is 2. The van der Waals surface area contributed by atoms with E-state index in [-0.39, 0.29) is 17.9 Å². The minimum atomic E-state index is -0.302. The molecule has 1 heterocycles. The molecule has 2 rings (SSSR count). The fourth-order valence-corrected chi connectivity index (χ4v) is 2.40. The van der Waals surface area contributed by atoms with Crippen molar-refractivity contribution in [2.24, 2.45) is 0 Å². The van der Waals surface area contributed by atoms with Crippen molar-refractivity contribution >= 4 is 6.03 Å². The molecule has 1 aromatic heterocycles. The van der Waals surface area contributed by atoms with E-state index in [1.807, 2.05) is 36.6 Å². The van der Waals surface area contributed by atoms with E-state index >= 15 is 0 Å². The lowest BCUT2D eigenvalue weighted by Crippen LogP contribution is -2.40. The summed E-state index contributed by atoms with van der Waals surface area (Å²) in [6.07, 6.45) is 1.63. The van der Waals surface area contributed by atoms with Crippen LogP contribution in [0, 0.1) is 5.82 Å². The number of benzene rings is 1. The van der Waals surface area contributed by atoms with Gasteiger partial charge in [-0.15, -0.1) is 10.2 Å². The molecule has 0 radical (unpaired) electrons. The van der Waals surface area contributed by atoms with Crippen molar-refractivity contribution < 1.29 is 9.18 Å². The second-order valence-electron chi connectivity index (χ2n) is 5.63. The minimum Gasteiger partial charge on any atom is -0.336 e. The van der Waals surface area contributed by atoms with Gasteiger partial charge in [-0.1, -0.05) is 12.1 Å². The first-order valence-corrected chi connectivity index (χ1v) is 7.81. The highest BCUT2D eigenvalue weighted by Crippen LogP contribution is 2.18. The fraction of sp³-hybridized carbons (Fsp3) is 0.438. The van der Waals surface area contributed by atoms with E-state index in [0.717, 1.165) is 12.1 Å². The van der Waals surface area contributed by atoms with Crippen LogP contribution in [0.3, 0.4) is 0 Å². The van der Waals surface area contributed by atoms with Gasteiger partial charge in [0.2, 0.25) is 0 Å². The number of rotatable bonds is 7. The van der Waals surface area contributed by atoms with E-state index in [1.165, 1.54) is 12.1 Å². The molecule has 0 bridgehead atoms. The second kappa shape index (κ2) is 8.39. The van der Waals surface area contributed by atoms with Gasteiger partial charge in [0.25, 0.3) is 0 Å². The van der Waals surface area contributed by atoms with Crippen molar-refractivity contribution in [3.63, 3.8) is 0 Å². The topological polar surface area (TPSA) is 75.1 Å². The van der Waals surface area contributed by atoms with Gasteiger partial charge >= 0.3 is 6.03 Å². The molecule has 8 heteroatoms. The van der Waals surface area contributed by atoms with Gasteiger partial charge < -0.3 is 20.1 Å². The molecule has 0 saturated heterocycles. The van der Waals surface area contributed by atoms with Crippen molar-refractivity contribution in [3.05, 3.63) is 47.8 Å². The zero-order valence-electron chi connectivity index (χ0n) is 14.2. The third-order valence-corrected chi connectivity index (χ3v) is 3.76. The van der Waals surface area contributed by atoms with Gasteiger partial charge in [0.1, 0.15) is 12.1 Å². The van der Waals surface area contributed by atoms with Gasteiger partial charge in [-0.25, -0.2) is 9.18 Å². The van der Waals surface area contributed by atoms with Crippen LogP contribution in [0.4, 0.5) is 9.18 Å². The third-order valence-electron chi connectivity index (χ3n) is 3.76. The van der Waals surface area contributed by atoms with Gasteiger partial charge in [0, 0.05) is 13.1 Å². The Hall–Kier alpha value is -2.48. The van der Waals surface area contributed by atoms with Gasteiger partial charge in [-0.2, -0.15) is 0 Å². The Kier molecular flexibility index (Phi) is 6.25. The summed E-state index contributed by atoms with van der Waals surface area (Å²) in [4.78, 5) is 13.9. The Morgan fingerprint density at radius 2 is 2.17 bits per heavy atom. The van der Waals surface area contributed by atoms with Crippen LogP contribution >= 0.6 is 0 Å². The summed E-state index contributed by atoms with van der Waals surface area (Å²) < 4.78 is 15.3. The van der Waals surface area contributed by atoms with Crippen LogP contribution in [0.1, 0.15) is 24.4 Å². The number of aromatic nitrogens is 3. The first kappa shape index (κ1) is 17.9. The molecule has 2 aromatic rings. The van der Waals surface area contributed by atoms with Gasteiger partial charge in [0.05, 0.1) is 12.6 Å². The molecular weight excluding hydrogens is 311 g/mol. The molecule has 0 fully saturated rings. The molecule has 130 valence electrons. The normalized spacial score (nSPS) is 12.2. The maximum atomic E-state index is 13.4. The zero-order chi connectivity index (χ0) is 17.5. The predicted molar refractivity (Wildman–Crippen MR) is 88.8 cm³/mol. The Morgan fingerprint density at radius 1 is 1.38 bits per heavy atom. The number of hydrogen-bond acceptors (Lipinski definition) is 4. The highest BCUT2D eigenvalue weighted by molar-refractivity contribution is 5.73. The molecule has 0 aliphatic rings. The maximum Gasteiger partial charge on any atom is 0.315 e. The summed E-state index contributed by atoms with van der Waals surface area (Å²) in [5.41, 5.74) is 0.811. The first-order valence-electron chi connectivity index (χ1n) is 7.81. The summed E-state index contributed by atoms with van der Waals surface area (Å²) >= 11 is 0. The van der Waals surface area contributed by atoms with Crippen LogP contribution in [0.25, 0.3) is 0 Å². The second-order valence-corrected chi connectivity index (χ2v) is 5.63. The number of nitrogens with zero attached hydrogens (tertiary/aromatic N) is 4. The largest absolute Gasteiger partial charge is 0.336 e. The highest BCUT2D eigenvalue weighted by Gasteiger charge is 2.16.